The molecule has 4 nitrogen and oxygen atoms in total. The second kappa shape index (κ2) is 5.38. The first-order valence-corrected chi connectivity index (χ1v) is 6.58. The third-order valence-corrected chi connectivity index (χ3v) is 4.12. The highest BCUT2D eigenvalue weighted by Crippen LogP contribution is 2.41. The van der Waals surface area contributed by atoms with Crippen LogP contribution in [-0.4, -0.2) is 22.6 Å². The number of nitrogens with one attached hydrogen (secondary N) is 1. The lowest BCUT2D eigenvalue weighted by atomic mass is 9.83. The Morgan fingerprint density at radius 3 is 2.83 bits per heavy atom. The predicted molar refractivity (Wildman–Crippen MR) is 70.9 cm³/mol. The van der Waals surface area contributed by atoms with Gasteiger partial charge >= 0.3 is 5.97 Å². The standard InChI is InChI=1S/C14H20N2O2/c1-2-14(6-3-4-7-14)10-16-12-9-15-8-5-11(12)13(17)18/h5,8-9,16H,2-4,6-7,10H2,1H3,(H,17,18). The Balaban J connectivity index is 2.08. The lowest BCUT2D eigenvalue weighted by molar-refractivity contribution is 0.0697. The Bertz CT molecular complexity index is 426. The summed E-state index contributed by atoms with van der Waals surface area (Å²) < 4.78 is 0. The molecule has 1 saturated carbocycles. The maximum Gasteiger partial charge on any atom is 0.337 e. The second-order valence-electron chi connectivity index (χ2n) is 5.14. The molecule has 2 rings (SSSR count). The number of hydrogen-bond acceptors (Lipinski definition) is 3. The predicted octanol–water partition coefficient (Wildman–Crippen LogP) is 3.16. The molecule has 98 valence electrons. The molecule has 0 atom stereocenters. The fraction of sp³-hybridized carbons (Fsp3) is 0.571. The summed E-state index contributed by atoms with van der Waals surface area (Å²) in [5.41, 5.74) is 1.27. The van der Waals surface area contributed by atoms with E-state index in [2.05, 4.69) is 17.2 Å². The summed E-state index contributed by atoms with van der Waals surface area (Å²) in [5, 5.41) is 12.4. The molecule has 1 aliphatic carbocycles. The summed E-state index contributed by atoms with van der Waals surface area (Å²) in [4.78, 5) is 15.1. The molecule has 18 heavy (non-hydrogen) atoms. The number of anilines is 1. The molecule has 0 aliphatic heterocycles. The number of hydrogen-bond donors (Lipinski definition) is 2. The van der Waals surface area contributed by atoms with Gasteiger partial charge in [0, 0.05) is 12.7 Å². The van der Waals surface area contributed by atoms with Gasteiger partial charge in [-0.3, -0.25) is 4.98 Å². The van der Waals surface area contributed by atoms with Crippen LogP contribution in [-0.2, 0) is 0 Å². The highest BCUT2D eigenvalue weighted by atomic mass is 16.4. The van der Waals surface area contributed by atoms with Crippen molar-refractivity contribution in [3.8, 4) is 0 Å². The van der Waals surface area contributed by atoms with Crippen molar-refractivity contribution in [3.05, 3.63) is 24.0 Å². The maximum atomic E-state index is 11.1. The third-order valence-electron chi connectivity index (χ3n) is 4.12. The fourth-order valence-electron chi connectivity index (χ4n) is 2.78. The van der Waals surface area contributed by atoms with Gasteiger partial charge in [0.2, 0.25) is 0 Å². The number of carboxylic acid groups (broad SMARTS) is 1. The smallest absolute Gasteiger partial charge is 0.337 e. The molecule has 1 aromatic rings. The van der Waals surface area contributed by atoms with Crippen molar-refractivity contribution in [2.75, 3.05) is 11.9 Å². The van der Waals surface area contributed by atoms with Crippen LogP contribution >= 0.6 is 0 Å². The van der Waals surface area contributed by atoms with E-state index in [1.54, 1.807) is 6.20 Å². The molecule has 0 aromatic carbocycles. The van der Waals surface area contributed by atoms with Crippen molar-refractivity contribution < 1.29 is 9.90 Å². The van der Waals surface area contributed by atoms with Gasteiger partial charge in [-0.25, -0.2) is 4.79 Å². The molecular formula is C14H20N2O2. The number of carbonyl (C=O) groups is 1. The van der Waals surface area contributed by atoms with Crippen LogP contribution < -0.4 is 5.32 Å². The van der Waals surface area contributed by atoms with Crippen molar-refractivity contribution in [2.45, 2.75) is 39.0 Å². The van der Waals surface area contributed by atoms with Crippen molar-refractivity contribution in [2.24, 2.45) is 5.41 Å². The molecule has 1 aromatic heterocycles. The van der Waals surface area contributed by atoms with Gasteiger partial charge in [0.1, 0.15) is 0 Å². The number of rotatable bonds is 5. The maximum absolute atomic E-state index is 11.1. The Kier molecular flexibility index (Phi) is 3.84. The highest BCUT2D eigenvalue weighted by molar-refractivity contribution is 5.93. The molecule has 2 N–H and O–H groups in total. The third kappa shape index (κ3) is 2.63. The van der Waals surface area contributed by atoms with Crippen LogP contribution in [0.25, 0.3) is 0 Å². The lowest BCUT2D eigenvalue weighted by Gasteiger charge is -2.28. The van der Waals surface area contributed by atoms with Crippen LogP contribution in [0.4, 0.5) is 5.69 Å². The molecule has 1 heterocycles. The van der Waals surface area contributed by atoms with Gasteiger partial charge in [-0.15, -0.1) is 0 Å². The van der Waals surface area contributed by atoms with E-state index in [-0.39, 0.29) is 0 Å². The SMILES string of the molecule is CCC1(CNc2cnccc2C(=O)O)CCCC1. The normalized spacial score (nSPS) is 17.6. The molecule has 1 fully saturated rings. The number of pyridine rings is 1. The van der Waals surface area contributed by atoms with Crippen LogP contribution in [0.15, 0.2) is 18.5 Å². The summed E-state index contributed by atoms with van der Waals surface area (Å²) in [7, 11) is 0. The van der Waals surface area contributed by atoms with Crippen LogP contribution in [0, 0.1) is 5.41 Å². The Labute approximate surface area is 107 Å². The Morgan fingerprint density at radius 2 is 2.22 bits per heavy atom. The zero-order valence-electron chi connectivity index (χ0n) is 10.8. The molecule has 0 radical (unpaired) electrons. The van der Waals surface area contributed by atoms with E-state index in [1.165, 1.54) is 37.9 Å². The van der Waals surface area contributed by atoms with Crippen molar-refractivity contribution in [1.82, 2.24) is 4.98 Å². The fourth-order valence-corrected chi connectivity index (χ4v) is 2.78. The summed E-state index contributed by atoms with van der Waals surface area (Å²) in [6, 6.07) is 1.54. The zero-order valence-corrected chi connectivity index (χ0v) is 10.8. The quantitative estimate of drug-likeness (QED) is 0.840. The van der Waals surface area contributed by atoms with Gasteiger partial charge in [-0.1, -0.05) is 19.8 Å². The van der Waals surface area contributed by atoms with E-state index >= 15 is 0 Å². The average molecular weight is 248 g/mol. The minimum Gasteiger partial charge on any atom is -0.478 e. The van der Waals surface area contributed by atoms with Crippen molar-refractivity contribution in [1.29, 1.82) is 0 Å². The number of carboxylic acids is 1. The summed E-state index contributed by atoms with van der Waals surface area (Å²) in [6.45, 7) is 3.06. The van der Waals surface area contributed by atoms with E-state index in [4.69, 9.17) is 5.11 Å². The Morgan fingerprint density at radius 1 is 1.50 bits per heavy atom. The van der Waals surface area contributed by atoms with Gasteiger partial charge < -0.3 is 10.4 Å². The van der Waals surface area contributed by atoms with Crippen LogP contribution in [0.3, 0.4) is 0 Å². The van der Waals surface area contributed by atoms with Gasteiger partial charge in [0.05, 0.1) is 17.4 Å². The molecule has 0 saturated heterocycles. The van der Waals surface area contributed by atoms with E-state index in [9.17, 15) is 4.79 Å². The molecule has 0 spiro atoms. The zero-order chi connectivity index (χ0) is 13.0. The van der Waals surface area contributed by atoms with E-state index < -0.39 is 5.97 Å². The summed E-state index contributed by atoms with van der Waals surface area (Å²) in [6.07, 6.45) is 9.30. The molecule has 1 aliphatic rings. The van der Waals surface area contributed by atoms with E-state index in [1.807, 2.05) is 0 Å². The Hall–Kier alpha value is -1.58. The van der Waals surface area contributed by atoms with Gasteiger partial charge in [0.15, 0.2) is 0 Å². The van der Waals surface area contributed by atoms with Gasteiger partial charge in [0.25, 0.3) is 0 Å². The van der Waals surface area contributed by atoms with E-state index in [0.29, 0.717) is 16.7 Å². The van der Waals surface area contributed by atoms with Crippen LogP contribution in [0.1, 0.15) is 49.4 Å². The lowest BCUT2D eigenvalue weighted by Crippen LogP contribution is -2.26. The van der Waals surface area contributed by atoms with Crippen LogP contribution in [0.5, 0.6) is 0 Å². The number of nitrogens with zero attached hydrogens (tertiary/aromatic N) is 1. The minimum absolute atomic E-state index is 0.300. The van der Waals surface area contributed by atoms with Crippen molar-refractivity contribution in [3.63, 3.8) is 0 Å². The molecule has 0 unspecified atom stereocenters. The molecule has 0 bridgehead atoms. The molecule has 0 amide bonds. The minimum atomic E-state index is -0.906. The van der Waals surface area contributed by atoms with Crippen molar-refractivity contribution >= 4 is 11.7 Å². The molecular weight excluding hydrogens is 228 g/mol. The largest absolute Gasteiger partial charge is 0.478 e. The van der Waals surface area contributed by atoms with Gasteiger partial charge in [-0.2, -0.15) is 0 Å². The first kappa shape index (κ1) is 12.9. The first-order chi connectivity index (χ1) is 8.67. The summed E-state index contributed by atoms with van der Waals surface area (Å²) in [5.74, 6) is -0.906. The summed E-state index contributed by atoms with van der Waals surface area (Å²) >= 11 is 0. The highest BCUT2D eigenvalue weighted by Gasteiger charge is 2.31. The van der Waals surface area contributed by atoms with Crippen LogP contribution in [0.2, 0.25) is 0 Å². The second-order valence-corrected chi connectivity index (χ2v) is 5.14. The number of aromatic carboxylic acids is 1. The number of aromatic nitrogens is 1. The molecule has 4 heteroatoms. The average Bonchev–Trinajstić information content (AvgIpc) is 2.86. The van der Waals surface area contributed by atoms with E-state index in [0.717, 1.165) is 13.0 Å². The monoisotopic (exact) mass is 248 g/mol. The first-order valence-electron chi connectivity index (χ1n) is 6.58. The van der Waals surface area contributed by atoms with Gasteiger partial charge in [-0.05, 0) is 30.7 Å². The topological polar surface area (TPSA) is 62.2 Å².